The standard InChI is InChI=1S/C16H19FN2O3/c1-3-18(4-2)16(22)13-9-10-14(20)19(13)15(21)11-5-7-12(17)8-6-11/h5-8,13H,3-4,9-10H2,1-2H3/t13-/m0/s1. The van der Waals surface area contributed by atoms with Crippen LogP contribution < -0.4 is 0 Å². The second-order valence-electron chi connectivity index (χ2n) is 5.14. The molecule has 1 saturated heterocycles. The third-order valence-electron chi connectivity index (χ3n) is 3.88. The fraction of sp³-hybridized carbons (Fsp3) is 0.438. The molecule has 0 radical (unpaired) electrons. The summed E-state index contributed by atoms with van der Waals surface area (Å²) in [5, 5.41) is 0. The summed E-state index contributed by atoms with van der Waals surface area (Å²) in [5.41, 5.74) is 0.203. The zero-order valence-electron chi connectivity index (χ0n) is 12.7. The van der Waals surface area contributed by atoms with Crippen LogP contribution in [0.4, 0.5) is 4.39 Å². The molecule has 0 N–H and O–H groups in total. The molecule has 0 unspecified atom stereocenters. The van der Waals surface area contributed by atoms with Gasteiger partial charge >= 0.3 is 0 Å². The lowest BCUT2D eigenvalue weighted by Gasteiger charge is -2.27. The number of likely N-dealkylation sites (N-methyl/N-ethyl adjacent to an activating group) is 1. The summed E-state index contributed by atoms with van der Waals surface area (Å²) < 4.78 is 13.0. The van der Waals surface area contributed by atoms with Gasteiger partial charge in [0.15, 0.2) is 0 Å². The molecular formula is C16H19FN2O3. The predicted octanol–water partition coefficient (Wildman–Crippen LogP) is 1.83. The van der Waals surface area contributed by atoms with Gasteiger partial charge in [-0.1, -0.05) is 0 Å². The number of hydrogen-bond acceptors (Lipinski definition) is 3. The van der Waals surface area contributed by atoms with E-state index in [-0.39, 0.29) is 23.8 Å². The highest BCUT2D eigenvalue weighted by Crippen LogP contribution is 2.23. The second-order valence-corrected chi connectivity index (χ2v) is 5.14. The Bertz CT molecular complexity index is 582. The van der Waals surface area contributed by atoms with E-state index in [4.69, 9.17) is 0 Å². The molecule has 0 bridgehead atoms. The molecule has 22 heavy (non-hydrogen) atoms. The fourth-order valence-corrected chi connectivity index (χ4v) is 2.65. The first-order chi connectivity index (χ1) is 10.5. The maximum absolute atomic E-state index is 13.0. The summed E-state index contributed by atoms with van der Waals surface area (Å²) in [6.07, 6.45) is 0.506. The Morgan fingerprint density at radius 1 is 1.23 bits per heavy atom. The minimum absolute atomic E-state index is 0.171. The Balaban J connectivity index is 2.26. The van der Waals surface area contributed by atoms with Gasteiger partial charge in [0.1, 0.15) is 11.9 Å². The molecule has 2 rings (SSSR count). The largest absolute Gasteiger partial charge is 0.341 e. The molecule has 1 aliphatic rings. The highest BCUT2D eigenvalue weighted by Gasteiger charge is 2.41. The molecule has 118 valence electrons. The van der Waals surface area contributed by atoms with Crippen molar-refractivity contribution in [1.29, 1.82) is 0 Å². The Morgan fingerprint density at radius 3 is 2.36 bits per heavy atom. The summed E-state index contributed by atoms with van der Waals surface area (Å²) in [5.74, 6) is -1.58. The minimum atomic E-state index is -0.759. The van der Waals surface area contributed by atoms with Crippen molar-refractivity contribution in [2.24, 2.45) is 0 Å². The number of likely N-dealkylation sites (tertiary alicyclic amines) is 1. The summed E-state index contributed by atoms with van der Waals surface area (Å²) in [7, 11) is 0. The van der Waals surface area contributed by atoms with Crippen molar-refractivity contribution in [2.45, 2.75) is 32.7 Å². The number of amides is 3. The normalized spacial score (nSPS) is 17.7. The molecule has 1 aliphatic heterocycles. The summed E-state index contributed by atoms with van der Waals surface area (Å²) in [6, 6.07) is 4.21. The number of carbonyl (C=O) groups is 3. The Hall–Kier alpha value is -2.24. The lowest BCUT2D eigenvalue weighted by molar-refractivity contribution is -0.139. The van der Waals surface area contributed by atoms with Crippen LogP contribution >= 0.6 is 0 Å². The van der Waals surface area contributed by atoms with E-state index in [0.29, 0.717) is 19.5 Å². The van der Waals surface area contributed by atoms with Crippen molar-refractivity contribution >= 4 is 17.7 Å². The maximum Gasteiger partial charge on any atom is 0.261 e. The molecule has 0 spiro atoms. The highest BCUT2D eigenvalue weighted by molar-refractivity contribution is 6.09. The average molecular weight is 306 g/mol. The molecule has 5 nitrogen and oxygen atoms in total. The van der Waals surface area contributed by atoms with Crippen molar-refractivity contribution in [3.63, 3.8) is 0 Å². The monoisotopic (exact) mass is 306 g/mol. The Kier molecular flexibility index (Phi) is 4.90. The molecule has 0 aliphatic carbocycles. The number of hydrogen-bond donors (Lipinski definition) is 0. The molecule has 3 amide bonds. The molecule has 0 saturated carbocycles. The van der Waals surface area contributed by atoms with Crippen LogP contribution in [-0.2, 0) is 9.59 Å². The summed E-state index contributed by atoms with van der Waals surface area (Å²) in [4.78, 5) is 39.6. The van der Waals surface area contributed by atoms with E-state index >= 15 is 0 Å². The lowest BCUT2D eigenvalue weighted by atomic mass is 10.1. The van der Waals surface area contributed by atoms with Crippen LogP contribution in [-0.4, -0.2) is 46.7 Å². The smallest absolute Gasteiger partial charge is 0.261 e. The third kappa shape index (κ3) is 3.00. The van der Waals surface area contributed by atoms with Crippen molar-refractivity contribution in [3.05, 3.63) is 35.6 Å². The Morgan fingerprint density at radius 2 is 1.82 bits per heavy atom. The van der Waals surface area contributed by atoms with Gasteiger partial charge in [-0.2, -0.15) is 0 Å². The van der Waals surface area contributed by atoms with Gasteiger partial charge in [-0.3, -0.25) is 19.3 Å². The van der Waals surface area contributed by atoms with E-state index in [0.717, 1.165) is 17.0 Å². The molecular weight excluding hydrogens is 287 g/mol. The lowest BCUT2D eigenvalue weighted by Crippen LogP contribution is -2.49. The number of benzene rings is 1. The van der Waals surface area contributed by atoms with E-state index in [1.807, 2.05) is 13.8 Å². The highest BCUT2D eigenvalue weighted by atomic mass is 19.1. The van der Waals surface area contributed by atoms with Gasteiger partial charge in [-0.25, -0.2) is 4.39 Å². The summed E-state index contributed by atoms with van der Waals surface area (Å²) in [6.45, 7) is 4.76. The van der Waals surface area contributed by atoms with Gasteiger partial charge in [0, 0.05) is 25.1 Å². The van der Waals surface area contributed by atoms with Crippen LogP contribution in [0.1, 0.15) is 37.0 Å². The van der Waals surface area contributed by atoms with Gasteiger partial charge in [-0.05, 0) is 44.5 Å². The van der Waals surface area contributed by atoms with Gasteiger partial charge in [0.05, 0.1) is 0 Å². The van der Waals surface area contributed by atoms with E-state index in [1.54, 1.807) is 4.90 Å². The number of carbonyl (C=O) groups excluding carboxylic acids is 3. The van der Waals surface area contributed by atoms with E-state index < -0.39 is 17.8 Å². The topological polar surface area (TPSA) is 57.7 Å². The maximum atomic E-state index is 13.0. The van der Waals surface area contributed by atoms with Crippen molar-refractivity contribution in [1.82, 2.24) is 9.80 Å². The fourth-order valence-electron chi connectivity index (χ4n) is 2.65. The van der Waals surface area contributed by atoms with Crippen LogP contribution in [0.2, 0.25) is 0 Å². The van der Waals surface area contributed by atoms with Crippen LogP contribution in [0.15, 0.2) is 24.3 Å². The molecule has 1 aromatic carbocycles. The van der Waals surface area contributed by atoms with Gasteiger partial charge in [0.2, 0.25) is 11.8 Å². The first kappa shape index (κ1) is 16.1. The van der Waals surface area contributed by atoms with Crippen LogP contribution in [0, 0.1) is 5.82 Å². The van der Waals surface area contributed by atoms with Crippen molar-refractivity contribution < 1.29 is 18.8 Å². The average Bonchev–Trinajstić information content (AvgIpc) is 2.90. The molecule has 6 heteroatoms. The van der Waals surface area contributed by atoms with E-state index in [2.05, 4.69) is 0 Å². The zero-order valence-corrected chi connectivity index (χ0v) is 12.7. The first-order valence-corrected chi connectivity index (χ1v) is 7.40. The quantitative estimate of drug-likeness (QED) is 0.797. The number of halogens is 1. The van der Waals surface area contributed by atoms with Crippen LogP contribution in [0.25, 0.3) is 0 Å². The number of imide groups is 1. The number of rotatable bonds is 4. The molecule has 1 aromatic rings. The molecule has 1 fully saturated rings. The van der Waals surface area contributed by atoms with Crippen LogP contribution in [0.5, 0.6) is 0 Å². The predicted molar refractivity (Wildman–Crippen MR) is 78.5 cm³/mol. The first-order valence-electron chi connectivity index (χ1n) is 7.40. The van der Waals surface area contributed by atoms with Gasteiger partial charge in [-0.15, -0.1) is 0 Å². The van der Waals surface area contributed by atoms with Crippen molar-refractivity contribution in [2.75, 3.05) is 13.1 Å². The van der Waals surface area contributed by atoms with Crippen LogP contribution in [0.3, 0.4) is 0 Å². The minimum Gasteiger partial charge on any atom is -0.341 e. The van der Waals surface area contributed by atoms with E-state index in [1.165, 1.54) is 12.1 Å². The van der Waals surface area contributed by atoms with Gasteiger partial charge < -0.3 is 4.90 Å². The third-order valence-corrected chi connectivity index (χ3v) is 3.88. The summed E-state index contributed by atoms with van der Waals surface area (Å²) >= 11 is 0. The Labute approximate surface area is 128 Å². The SMILES string of the molecule is CCN(CC)C(=O)[C@@H]1CCC(=O)N1C(=O)c1ccc(F)cc1. The molecule has 1 heterocycles. The van der Waals surface area contributed by atoms with E-state index in [9.17, 15) is 18.8 Å². The van der Waals surface area contributed by atoms with Crippen molar-refractivity contribution in [3.8, 4) is 0 Å². The molecule has 1 atom stereocenters. The zero-order chi connectivity index (χ0) is 16.3. The number of nitrogens with zero attached hydrogens (tertiary/aromatic N) is 2. The molecule has 0 aromatic heterocycles. The second kappa shape index (κ2) is 6.68. The van der Waals surface area contributed by atoms with Gasteiger partial charge in [0.25, 0.3) is 5.91 Å².